The lowest BCUT2D eigenvalue weighted by molar-refractivity contribution is -0.123. The second-order valence-corrected chi connectivity index (χ2v) is 5.90. The Morgan fingerprint density at radius 1 is 1.43 bits per heavy atom. The SMILES string of the molecule is CC(Cc1c(F)cccc1F)NC(=O)CN1CCNC[C@H]1C.Cl. The van der Waals surface area contributed by atoms with Crippen LogP contribution < -0.4 is 10.6 Å². The highest BCUT2D eigenvalue weighted by atomic mass is 35.5. The van der Waals surface area contributed by atoms with Gasteiger partial charge < -0.3 is 10.6 Å². The topological polar surface area (TPSA) is 44.4 Å². The minimum Gasteiger partial charge on any atom is -0.352 e. The minimum absolute atomic E-state index is 0. The molecule has 2 N–H and O–H groups in total. The number of carbonyl (C=O) groups excluding carboxylic acids is 1. The van der Waals surface area contributed by atoms with Crippen molar-refractivity contribution in [3.8, 4) is 0 Å². The second-order valence-electron chi connectivity index (χ2n) is 5.90. The van der Waals surface area contributed by atoms with E-state index in [0.29, 0.717) is 12.6 Å². The van der Waals surface area contributed by atoms with Crippen molar-refractivity contribution >= 4 is 18.3 Å². The molecule has 0 spiro atoms. The van der Waals surface area contributed by atoms with Gasteiger partial charge in [-0.25, -0.2) is 8.78 Å². The van der Waals surface area contributed by atoms with Gasteiger partial charge >= 0.3 is 0 Å². The maximum Gasteiger partial charge on any atom is 0.234 e. The number of carbonyl (C=O) groups is 1. The van der Waals surface area contributed by atoms with E-state index in [9.17, 15) is 13.6 Å². The number of hydrogen-bond acceptors (Lipinski definition) is 3. The van der Waals surface area contributed by atoms with Crippen LogP contribution in [0.1, 0.15) is 19.4 Å². The molecule has 1 aromatic rings. The molecule has 1 fully saturated rings. The Morgan fingerprint density at radius 2 is 2.09 bits per heavy atom. The Kier molecular flexibility index (Phi) is 7.88. The summed E-state index contributed by atoms with van der Waals surface area (Å²) >= 11 is 0. The summed E-state index contributed by atoms with van der Waals surface area (Å²) in [6, 6.07) is 3.78. The van der Waals surface area contributed by atoms with Gasteiger partial charge in [-0.1, -0.05) is 6.07 Å². The van der Waals surface area contributed by atoms with E-state index in [1.165, 1.54) is 18.2 Å². The number of piperazine rings is 1. The molecule has 2 rings (SSSR count). The van der Waals surface area contributed by atoms with Crippen molar-refractivity contribution in [3.63, 3.8) is 0 Å². The summed E-state index contributed by atoms with van der Waals surface area (Å²) in [6.07, 6.45) is 0.140. The van der Waals surface area contributed by atoms with Crippen molar-refractivity contribution in [3.05, 3.63) is 35.4 Å². The van der Waals surface area contributed by atoms with Crippen LogP contribution in [0.2, 0.25) is 0 Å². The Labute approximate surface area is 142 Å². The van der Waals surface area contributed by atoms with Gasteiger partial charge in [0.25, 0.3) is 0 Å². The molecule has 0 aliphatic carbocycles. The summed E-state index contributed by atoms with van der Waals surface area (Å²) in [7, 11) is 0. The smallest absolute Gasteiger partial charge is 0.234 e. The van der Waals surface area contributed by atoms with Gasteiger partial charge in [0.15, 0.2) is 0 Å². The monoisotopic (exact) mass is 347 g/mol. The fourth-order valence-corrected chi connectivity index (χ4v) is 2.71. The molecule has 0 saturated carbocycles. The Bertz CT molecular complexity index is 510. The fraction of sp³-hybridized carbons (Fsp3) is 0.562. The normalized spacial score (nSPS) is 19.7. The Morgan fingerprint density at radius 3 is 2.70 bits per heavy atom. The first-order valence-corrected chi connectivity index (χ1v) is 7.64. The molecule has 4 nitrogen and oxygen atoms in total. The third-order valence-electron chi connectivity index (χ3n) is 3.96. The number of hydrogen-bond donors (Lipinski definition) is 2. The lowest BCUT2D eigenvalue weighted by Gasteiger charge is -2.33. The average Bonchev–Trinajstić information content (AvgIpc) is 2.45. The molecular weight excluding hydrogens is 324 g/mol. The summed E-state index contributed by atoms with van der Waals surface area (Å²) in [4.78, 5) is 14.2. The number of halogens is 3. The first kappa shape index (κ1) is 19.8. The maximum absolute atomic E-state index is 13.6. The highest BCUT2D eigenvalue weighted by Gasteiger charge is 2.21. The maximum atomic E-state index is 13.6. The van der Waals surface area contributed by atoms with Crippen LogP contribution in [-0.4, -0.2) is 49.1 Å². The van der Waals surface area contributed by atoms with E-state index < -0.39 is 11.6 Å². The highest BCUT2D eigenvalue weighted by molar-refractivity contribution is 5.85. The van der Waals surface area contributed by atoms with Crippen LogP contribution in [0, 0.1) is 11.6 Å². The van der Waals surface area contributed by atoms with Gasteiger partial charge in [0.05, 0.1) is 6.54 Å². The zero-order chi connectivity index (χ0) is 16.1. The molecule has 0 aromatic heterocycles. The van der Waals surface area contributed by atoms with E-state index in [4.69, 9.17) is 0 Å². The molecule has 130 valence electrons. The number of amides is 1. The van der Waals surface area contributed by atoms with Gasteiger partial charge in [-0.15, -0.1) is 12.4 Å². The minimum atomic E-state index is -0.572. The van der Waals surface area contributed by atoms with Crippen LogP contribution in [0.25, 0.3) is 0 Å². The van der Waals surface area contributed by atoms with Crippen molar-refractivity contribution in [2.24, 2.45) is 0 Å². The molecule has 1 unspecified atom stereocenters. The van der Waals surface area contributed by atoms with E-state index >= 15 is 0 Å². The molecule has 1 aliphatic rings. The van der Waals surface area contributed by atoms with Crippen molar-refractivity contribution in [1.82, 2.24) is 15.5 Å². The molecule has 0 radical (unpaired) electrons. The quantitative estimate of drug-likeness (QED) is 0.852. The zero-order valence-electron chi connectivity index (χ0n) is 13.4. The summed E-state index contributed by atoms with van der Waals surface area (Å²) in [6.45, 7) is 6.69. The molecule has 1 aromatic carbocycles. The summed E-state index contributed by atoms with van der Waals surface area (Å²) < 4.78 is 27.2. The lowest BCUT2D eigenvalue weighted by Crippen LogP contribution is -2.53. The Hall–Kier alpha value is -1.24. The standard InChI is InChI=1S/C16H23F2N3O.ClH/c1-11(8-13-14(17)4-3-5-15(13)18)20-16(22)10-21-7-6-19-9-12(21)2;/h3-5,11-12,19H,6-10H2,1-2H3,(H,20,22);1H/t11?,12-;/m1./s1. The molecule has 7 heteroatoms. The predicted octanol–water partition coefficient (Wildman–Crippen LogP) is 1.73. The van der Waals surface area contributed by atoms with Crippen LogP contribution in [-0.2, 0) is 11.2 Å². The van der Waals surface area contributed by atoms with Gasteiger partial charge in [0.2, 0.25) is 5.91 Å². The van der Waals surface area contributed by atoms with Crippen LogP contribution in [0.3, 0.4) is 0 Å². The molecule has 1 saturated heterocycles. The van der Waals surface area contributed by atoms with Crippen molar-refractivity contribution in [2.45, 2.75) is 32.4 Å². The third-order valence-corrected chi connectivity index (χ3v) is 3.96. The van der Waals surface area contributed by atoms with E-state index in [1.807, 2.05) is 0 Å². The third kappa shape index (κ3) is 5.71. The number of benzene rings is 1. The van der Waals surface area contributed by atoms with E-state index in [2.05, 4.69) is 22.5 Å². The second kappa shape index (κ2) is 9.15. The van der Waals surface area contributed by atoms with Crippen molar-refractivity contribution in [2.75, 3.05) is 26.2 Å². The van der Waals surface area contributed by atoms with Gasteiger partial charge in [-0.05, 0) is 32.4 Å². The number of nitrogens with zero attached hydrogens (tertiary/aromatic N) is 1. The molecular formula is C16H24ClF2N3O. The Balaban J connectivity index is 0.00000264. The first-order chi connectivity index (χ1) is 10.5. The van der Waals surface area contributed by atoms with Gasteiger partial charge in [-0.3, -0.25) is 9.69 Å². The molecule has 2 atom stereocenters. The average molecular weight is 348 g/mol. The number of rotatable bonds is 5. The van der Waals surface area contributed by atoms with Gasteiger partial charge in [0.1, 0.15) is 11.6 Å². The zero-order valence-corrected chi connectivity index (χ0v) is 14.3. The summed E-state index contributed by atoms with van der Waals surface area (Å²) in [5.74, 6) is -1.26. The van der Waals surface area contributed by atoms with Crippen LogP contribution in [0.15, 0.2) is 18.2 Å². The summed E-state index contributed by atoms with van der Waals surface area (Å²) in [5.41, 5.74) is 0.0193. The molecule has 0 bridgehead atoms. The van der Waals surface area contributed by atoms with Crippen molar-refractivity contribution in [1.29, 1.82) is 0 Å². The molecule has 1 aliphatic heterocycles. The van der Waals surface area contributed by atoms with Crippen molar-refractivity contribution < 1.29 is 13.6 Å². The van der Waals surface area contributed by atoms with Crippen LogP contribution in [0.4, 0.5) is 8.78 Å². The van der Waals surface area contributed by atoms with Crippen LogP contribution >= 0.6 is 12.4 Å². The predicted molar refractivity (Wildman–Crippen MR) is 88.8 cm³/mol. The summed E-state index contributed by atoms with van der Waals surface area (Å²) in [5, 5.41) is 6.08. The largest absolute Gasteiger partial charge is 0.352 e. The van der Waals surface area contributed by atoms with E-state index in [0.717, 1.165) is 19.6 Å². The lowest BCUT2D eigenvalue weighted by atomic mass is 10.1. The van der Waals surface area contributed by atoms with Gasteiger partial charge in [-0.2, -0.15) is 0 Å². The van der Waals surface area contributed by atoms with E-state index in [1.54, 1.807) is 6.92 Å². The molecule has 1 amide bonds. The molecule has 23 heavy (non-hydrogen) atoms. The fourth-order valence-electron chi connectivity index (χ4n) is 2.71. The highest BCUT2D eigenvalue weighted by Crippen LogP contribution is 2.14. The van der Waals surface area contributed by atoms with Crippen LogP contribution in [0.5, 0.6) is 0 Å². The van der Waals surface area contributed by atoms with E-state index in [-0.39, 0.29) is 36.3 Å². The number of nitrogens with one attached hydrogen (secondary N) is 2. The first-order valence-electron chi connectivity index (χ1n) is 7.64. The molecule has 1 heterocycles. The van der Waals surface area contributed by atoms with Gasteiger partial charge in [0, 0.05) is 37.3 Å².